The molecule has 0 saturated heterocycles. The van der Waals surface area contributed by atoms with Crippen molar-refractivity contribution in [3.05, 3.63) is 23.8 Å². The van der Waals surface area contributed by atoms with Crippen molar-refractivity contribution in [2.24, 2.45) is 0 Å². The second-order valence-electron chi connectivity index (χ2n) is 5.19. The molecule has 114 valence electrons. The van der Waals surface area contributed by atoms with Gasteiger partial charge in [0, 0.05) is 6.04 Å². The maximum Gasteiger partial charge on any atom is 0.161 e. The second-order valence-corrected chi connectivity index (χ2v) is 5.19. The summed E-state index contributed by atoms with van der Waals surface area (Å²) in [6.45, 7) is 4.32. The van der Waals surface area contributed by atoms with Crippen LogP contribution >= 0.6 is 0 Å². The largest absolute Gasteiger partial charge is 0.493 e. The van der Waals surface area contributed by atoms with E-state index in [1.165, 1.54) is 5.56 Å². The molecule has 1 N–H and O–H groups in total. The summed E-state index contributed by atoms with van der Waals surface area (Å²) in [5.41, 5.74) is 1.25. The van der Waals surface area contributed by atoms with E-state index in [9.17, 15) is 0 Å². The molecule has 1 aromatic rings. The van der Waals surface area contributed by atoms with Crippen molar-refractivity contribution in [2.45, 2.75) is 25.8 Å². The standard InChI is InChI=1S/C16H28N2O2/c1-6-14(17-10-7-11-18(2)3)13-8-9-15(19-4)16(12-13)20-5/h8-9,12,14,17H,6-7,10-11H2,1-5H3. The van der Waals surface area contributed by atoms with E-state index >= 15 is 0 Å². The fourth-order valence-corrected chi connectivity index (χ4v) is 2.24. The van der Waals surface area contributed by atoms with Crippen LogP contribution in [-0.4, -0.2) is 46.3 Å². The maximum absolute atomic E-state index is 5.37. The molecule has 0 heterocycles. The third-order valence-corrected chi connectivity index (χ3v) is 3.39. The summed E-state index contributed by atoms with van der Waals surface area (Å²) in [5, 5.41) is 3.61. The highest BCUT2D eigenvalue weighted by molar-refractivity contribution is 5.43. The van der Waals surface area contributed by atoms with Gasteiger partial charge in [0.05, 0.1) is 14.2 Å². The first-order valence-electron chi connectivity index (χ1n) is 7.22. The molecule has 1 unspecified atom stereocenters. The van der Waals surface area contributed by atoms with E-state index < -0.39 is 0 Å². The Bertz CT molecular complexity index is 394. The van der Waals surface area contributed by atoms with E-state index in [-0.39, 0.29) is 0 Å². The van der Waals surface area contributed by atoms with E-state index in [0.717, 1.165) is 37.4 Å². The van der Waals surface area contributed by atoms with E-state index in [0.29, 0.717) is 6.04 Å². The lowest BCUT2D eigenvalue weighted by molar-refractivity contribution is 0.353. The summed E-state index contributed by atoms with van der Waals surface area (Å²) in [5.74, 6) is 1.57. The number of nitrogens with one attached hydrogen (secondary N) is 1. The van der Waals surface area contributed by atoms with Crippen LogP contribution in [0.1, 0.15) is 31.4 Å². The molecule has 0 saturated carbocycles. The van der Waals surface area contributed by atoms with Gasteiger partial charge in [-0.3, -0.25) is 0 Å². The van der Waals surface area contributed by atoms with Crippen LogP contribution in [-0.2, 0) is 0 Å². The molecule has 0 aliphatic carbocycles. The maximum atomic E-state index is 5.37. The average Bonchev–Trinajstić information content (AvgIpc) is 2.46. The molecular formula is C16H28N2O2. The Hall–Kier alpha value is -1.26. The quantitative estimate of drug-likeness (QED) is 0.705. The van der Waals surface area contributed by atoms with Gasteiger partial charge in [-0.15, -0.1) is 0 Å². The topological polar surface area (TPSA) is 33.7 Å². The first-order valence-corrected chi connectivity index (χ1v) is 7.22. The summed E-state index contributed by atoms with van der Waals surface area (Å²) in [6, 6.07) is 6.50. The second kappa shape index (κ2) is 8.82. The molecule has 0 spiro atoms. The lowest BCUT2D eigenvalue weighted by Gasteiger charge is -2.19. The van der Waals surface area contributed by atoms with Crippen molar-refractivity contribution in [1.29, 1.82) is 0 Å². The van der Waals surface area contributed by atoms with E-state index in [1.54, 1.807) is 14.2 Å². The number of hydrogen-bond donors (Lipinski definition) is 1. The van der Waals surface area contributed by atoms with Gasteiger partial charge in [-0.1, -0.05) is 13.0 Å². The molecule has 20 heavy (non-hydrogen) atoms. The highest BCUT2D eigenvalue weighted by Crippen LogP contribution is 2.30. The SMILES string of the molecule is CCC(NCCCN(C)C)c1ccc(OC)c(OC)c1. The minimum atomic E-state index is 0.358. The lowest BCUT2D eigenvalue weighted by Crippen LogP contribution is -2.25. The fraction of sp³-hybridized carbons (Fsp3) is 0.625. The Morgan fingerprint density at radius 1 is 1.15 bits per heavy atom. The summed E-state index contributed by atoms with van der Waals surface area (Å²) in [7, 11) is 7.54. The molecule has 0 radical (unpaired) electrons. The van der Waals surface area contributed by atoms with Crippen LogP contribution in [0.4, 0.5) is 0 Å². The molecule has 1 rings (SSSR count). The van der Waals surface area contributed by atoms with Crippen molar-refractivity contribution in [3.63, 3.8) is 0 Å². The van der Waals surface area contributed by atoms with Crippen molar-refractivity contribution in [1.82, 2.24) is 10.2 Å². The monoisotopic (exact) mass is 280 g/mol. The highest BCUT2D eigenvalue weighted by atomic mass is 16.5. The molecule has 4 nitrogen and oxygen atoms in total. The molecule has 4 heteroatoms. The van der Waals surface area contributed by atoms with Gasteiger partial charge in [0.25, 0.3) is 0 Å². The van der Waals surface area contributed by atoms with Crippen LogP contribution in [0.2, 0.25) is 0 Å². The summed E-state index contributed by atoms with van der Waals surface area (Å²) in [4.78, 5) is 2.21. The summed E-state index contributed by atoms with van der Waals surface area (Å²) < 4.78 is 10.6. The zero-order valence-electron chi connectivity index (χ0n) is 13.4. The Morgan fingerprint density at radius 2 is 1.85 bits per heavy atom. The Morgan fingerprint density at radius 3 is 2.40 bits per heavy atom. The summed E-state index contributed by atoms with van der Waals surface area (Å²) in [6.07, 6.45) is 2.20. The van der Waals surface area contributed by atoms with E-state index in [2.05, 4.69) is 43.4 Å². The molecule has 0 amide bonds. The van der Waals surface area contributed by atoms with Gasteiger partial charge in [0.1, 0.15) is 0 Å². The van der Waals surface area contributed by atoms with E-state index in [1.807, 2.05) is 6.07 Å². The van der Waals surface area contributed by atoms with Crippen molar-refractivity contribution in [3.8, 4) is 11.5 Å². The lowest BCUT2D eigenvalue weighted by atomic mass is 10.0. The smallest absolute Gasteiger partial charge is 0.161 e. The predicted molar refractivity (Wildman–Crippen MR) is 83.8 cm³/mol. The van der Waals surface area contributed by atoms with Gasteiger partial charge in [-0.2, -0.15) is 0 Å². The van der Waals surface area contributed by atoms with Crippen molar-refractivity contribution in [2.75, 3.05) is 41.4 Å². The van der Waals surface area contributed by atoms with Gasteiger partial charge < -0.3 is 19.7 Å². The van der Waals surface area contributed by atoms with Crippen LogP contribution < -0.4 is 14.8 Å². The van der Waals surface area contributed by atoms with Gasteiger partial charge >= 0.3 is 0 Å². The first kappa shape index (κ1) is 16.8. The third-order valence-electron chi connectivity index (χ3n) is 3.39. The van der Waals surface area contributed by atoms with Crippen LogP contribution in [0.3, 0.4) is 0 Å². The normalized spacial score (nSPS) is 12.5. The number of rotatable bonds is 9. The Balaban J connectivity index is 2.64. The number of benzene rings is 1. The van der Waals surface area contributed by atoms with Gasteiger partial charge in [-0.05, 0) is 57.7 Å². The Labute approximate surface area is 123 Å². The molecule has 0 aromatic heterocycles. The van der Waals surface area contributed by atoms with Crippen LogP contribution in [0, 0.1) is 0 Å². The minimum Gasteiger partial charge on any atom is -0.493 e. The van der Waals surface area contributed by atoms with Crippen molar-refractivity contribution < 1.29 is 9.47 Å². The minimum absolute atomic E-state index is 0.358. The predicted octanol–water partition coefficient (Wildman–Crippen LogP) is 2.70. The zero-order chi connectivity index (χ0) is 15.0. The summed E-state index contributed by atoms with van der Waals surface area (Å²) >= 11 is 0. The molecule has 0 bridgehead atoms. The van der Waals surface area contributed by atoms with Crippen LogP contribution in [0.25, 0.3) is 0 Å². The Kier molecular flexibility index (Phi) is 7.41. The van der Waals surface area contributed by atoms with Crippen molar-refractivity contribution >= 4 is 0 Å². The van der Waals surface area contributed by atoms with Crippen LogP contribution in [0.5, 0.6) is 11.5 Å². The first-order chi connectivity index (χ1) is 9.62. The van der Waals surface area contributed by atoms with E-state index in [4.69, 9.17) is 9.47 Å². The van der Waals surface area contributed by atoms with Gasteiger partial charge in [-0.25, -0.2) is 0 Å². The third kappa shape index (κ3) is 5.02. The molecule has 1 atom stereocenters. The number of hydrogen-bond acceptors (Lipinski definition) is 4. The molecule has 0 aliphatic rings. The highest BCUT2D eigenvalue weighted by Gasteiger charge is 2.12. The van der Waals surface area contributed by atoms with Gasteiger partial charge in [0.2, 0.25) is 0 Å². The molecule has 0 aliphatic heterocycles. The number of methoxy groups -OCH3 is 2. The molecule has 0 fully saturated rings. The zero-order valence-corrected chi connectivity index (χ0v) is 13.4. The average molecular weight is 280 g/mol. The fourth-order valence-electron chi connectivity index (χ4n) is 2.24. The number of nitrogens with zero attached hydrogens (tertiary/aromatic N) is 1. The van der Waals surface area contributed by atoms with Gasteiger partial charge in [0.15, 0.2) is 11.5 Å². The molecule has 1 aromatic carbocycles. The molecular weight excluding hydrogens is 252 g/mol. The number of ether oxygens (including phenoxy) is 2. The van der Waals surface area contributed by atoms with Crippen LogP contribution in [0.15, 0.2) is 18.2 Å².